The van der Waals surface area contributed by atoms with E-state index in [4.69, 9.17) is 12.2 Å². The van der Waals surface area contributed by atoms with Crippen LogP contribution in [0.5, 0.6) is 0 Å². The van der Waals surface area contributed by atoms with E-state index in [9.17, 15) is 4.79 Å². The number of primary amides is 1. The molecule has 2 N–H and O–H groups in total. The maximum atomic E-state index is 11.2. The van der Waals surface area contributed by atoms with Gasteiger partial charge in [-0.2, -0.15) is 0 Å². The van der Waals surface area contributed by atoms with Gasteiger partial charge in [-0.05, 0) is 17.2 Å². The summed E-state index contributed by atoms with van der Waals surface area (Å²) < 4.78 is 0. The van der Waals surface area contributed by atoms with Crippen molar-refractivity contribution in [1.29, 1.82) is 0 Å². The average molecular weight is 218 g/mol. The Kier molecular flexibility index (Phi) is 2.96. The summed E-state index contributed by atoms with van der Waals surface area (Å²) in [6.07, 6.45) is 6.98. The molecule has 0 fully saturated rings. The molecule has 0 atom stereocenters. The van der Waals surface area contributed by atoms with Gasteiger partial charge in [-0.1, -0.05) is 19.6 Å². The van der Waals surface area contributed by atoms with E-state index in [-0.39, 0.29) is 0 Å². The first-order chi connectivity index (χ1) is 6.86. The third-order valence-corrected chi connectivity index (χ3v) is 4.16. The maximum Gasteiger partial charge on any atom is 0.251 e. The van der Waals surface area contributed by atoms with Gasteiger partial charge in [-0.25, -0.2) is 4.98 Å². The summed E-state index contributed by atoms with van der Waals surface area (Å²) in [7, 11) is -1.49. The van der Waals surface area contributed by atoms with Crippen LogP contribution in [0.15, 0.2) is 12.3 Å². The zero-order valence-electron chi connectivity index (χ0n) is 9.16. The van der Waals surface area contributed by atoms with Crippen molar-refractivity contribution in [3.8, 4) is 12.3 Å². The van der Waals surface area contributed by atoms with Crippen molar-refractivity contribution in [3.63, 3.8) is 0 Å². The highest BCUT2D eigenvalue weighted by molar-refractivity contribution is 6.88. The fourth-order valence-electron chi connectivity index (χ4n) is 1.18. The summed E-state index contributed by atoms with van der Waals surface area (Å²) in [5.74, 6) is 1.84. The number of terminal acetylenes is 1. The predicted molar refractivity (Wildman–Crippen MR) is 63.7 cm³/mol. The van der Waals surface area contributed by atoms with E-state index < -0.39 is 14.0 Å². The van der Waals surface area contributed by atoms with Crippen molar-refractivity contribution >= 4 is 19.2 Å². The summed E-state index contributed by atoms with van der Waals surface area (Å²) in [6, 6.07) is 1.77. The molecule has 15 heavy (non-hydrogen) atoms. The molecule has 0 aliphatic carbocycles. The van der Waals surface area contributed by atoms with E-state index in [0.717, 1.165) is 5.19 Å². The van der Waals surface area contributed by atoms with E-state index in [2.05, 4.69) is 30.5 Å². The van der Waals surface area contributed by atoms with Gasteiger partial charge in [0.1, 0.15) is 5.69 Å². The molecule has 0 saturated heterocycles. The Labute approximate surface area is 90.7 Å². The summed E-state index contributed by atoms with van der Waals surface area (Å²) >= 11 is 0. The third kappa shape index (κ3) is 2.45. The van der Waals surface area contributed by atoms with Crippen LogP contribution >= 0.6 is 0 Å². The lowest BCUT2D eigenvalue weighted by atomic mass is 10.2. The second-order valence-corrected chi connectivity index (χ2v) is 9.46. The minimum absolute atomic E-state index is 0.324. The number of hydrogen-bond acceptors (Lipinski definition) is 2. The second-order valence-electron chi connectivity index (χ2n) is 4.38. The molecule has 1 aromatic rings. The second kappa shape index (κ2) is 3.87. The minimum Gasteiger partial charge on any atom is -0.366 e. The Morgan fingerprint density at radius 3 is 2.53 bits per heavy atom. The molecule has 1 amide bonds. The van der Waals surface area contributed by atoms with Crippen LogP contribution in [0.2, 0.25) is 19.6 Å². The summed E-state index contributed by atoms with van der Waals surface area (Å²) in [6.45, 7) is 6.51. The number of amides is 1. The number of carbonyl (C=O) groups excluding carboxylic acids is 1. The lowest BCUT2D eigenvalue weighted by Gasteiger charge is -2.16. The molecule has 1 heterocycles. The van der Waals surface area contributed by atoms with Crippen molar-refractivity contribution in [2.24, 2.45) is 5.73 Å². The van der Waals surface area contributed by atoms with E-state index in [1.165, 1.54) is 0 Å². The largest absolute Gasteiger partial charge is 0.366 e. The van der Waals surface area contributed by atoms with Crippen molar-refractivity contribution < 1.29 is 4.79 Å². The first-order valence-corrected chi connectivity index (χ1v) is 8.13. The molecule has 0 unspecified atom stereocenters. The smallest absolute Gasteiger partial charge is 0.251 e. The molecule has 0 aromatic carbocycles. The van der Waals surface area contributed by atoms with Gasteiger partial charge in [0.15, 0.2) is 0 Å². The van der Waals surface area contributed by atoms with Crippen LogP contribution in [-0.4, -0.2) is 19.0 Å². The first kappa shape index (κ1) is 11.5. The van der Waals surface area contributed by atoms with Crippen molar-refractivity contribution in [1.82, 2.24) is 4.98 Å². The summed E-state index contributed by atoms with van der Waals surface area (Å²) in [5, 5.41) is 1.08. The molecule has 0 saturated carbocycles. The number of nitrogens with zero attached hydrogens (tertiary/aromatic N) is 1. The van der Waals surface area contributed by atoms with Gasteiger partial charge in [0.05, 0.1) is 13.6 Å². The standard InChI is InChI=1S/C11H14N2OSi/c1-5-10-9(11(12)14)6-8(7-13-10)15(2,3)4/h1,6-7H,2-4H3,(H2,12,14). The number of hydrogen-bond donors (Lipinski definition) is 1. The minimum atomic E-state index is -1.49. The number of carbonyl (C=O) groups is 1. The summed E-state index contributed by atoms with van der Waals surface area (Å²) in [4.78, 5) is 15.2. The monoisotopic (exact) mass is 218 g/mol. The molecule has 0 spiro atoms. The fourth-order valence-corrected chi connectivity index (χ4v) is 2.21. The number of rotatable bonds is 2. The fraction of sp³-hybridized carbons (Fsp3) is 0.273. The SMILES string of the molecule is C#Cc1ncc([Si](C)(C)C)cc1C(N)=O. The van der Waals surface area contributed by atoms with Gasteiger partial charge < -0.3 is 5.73 Å². The Hall–Kier alpha value is -1.60. The first-order valence-electron chi connectivity index (χ1n) is 4.63. The Morgan fingerprint density at radius 2 is 2.13 bits per heavy atom. The van der Waals surface area contributed by atoms with E-state index in [1.54, 1.807) is 12.3 Å². The number of aromatic nitrogens is 1. The molecule has 0 radical (unpaired) electrons. The average Bonchev–Trinajstić information content (AvgIpc) is 2.15. The topological polar surface area (TPSA) is 56.0 Å². The maximum absolute atomic E-state index is 11.2. The molecule has 0 bridgehead atoms. The number of nitrogens with two attached hydrogens (primary N) is 1. The van der Waals surface area contributed by atoms with E-state index in [1.807, 2.05) is 0 Å². The predicted octanol–water partition coefficient (Wildman–Crippen LogP) is 0.707. The normalized spacial score (nSPS) is 10.8. The molecule has 4 heteroatoms. The lowest BCUT2D eigenvalue weighted by molar-refractivity contribution is 0.1000. The van der Waals surface area contributed by atoms with Gasteiger partial charge in [0.2, 0.25) is 0 Å². The quantitative estimate of drug-likeness (QED) is 0.587. The highest BCUT2D eigenvalue weighted by atomic mass is 28.3. The molecule has 1 aromatic heterocycles. The van der Waals surface area contributed by atoms with Gasteiger partial charge in [0, 0.05) is 6.20 Å². The molecule has 78 valence electrons. The van der Waals surface area contributed by atoms with Crippen molar-refractivity contribution in [3.05, 3.63) is 23.5 Å². The van der Waals surface area contributed by atoms with Gasteiger partial charge >= 0.3 is 0 Å². The van der Waals surface area contributed by atoms with Crippen LogP contribution in [0, 0.1) is 12.3 Å². The zero-order chi connectivity index (χ0) is 11.6. The Bertz CT molecular complexity index is 441. The van der Waals surface area contributed by atoms with E-state index >= 15 is 0 Å². The zero-order valence-corrected chi connectivity index (χ0v) is 10.2. The molecular weight excluding hydrogens is 204 g/mol. The van der Waals surface area contributed by atoms with Crippen molar-refractivity contribution in [2.45, 2.75) is 19.6 Å². The Morgan fingerprint density at radius 1 is 1.53 bits per heavy atom. The third-order valence-electron chi connectivity index (χ3n) is 2.16. The van der Waals surface area contributed by atoms with Gasteiger partial charge in [-0.3, -0.25) is 4.79 Å². The van der Waals surface area contributed by atoms with E-state index in [0.29, 0.717) is 11.3 Å². The number of pyridine rings is 1. The van der Waals surface area contributed by atoms with Crippen LogP contribution in [0.4, 0.5) is 0 Å². The highest BCUT2D eigenvalue weighted by Crippen LogP contribution is 2.06. The lowest BCUT2D eigenvalue weighted by Crippen LogP contribution is -2.39. The van der Waals surface area contributed by atoms with Crippen LogP contribution in [0.1, 0.15) is 16.1 Å². The van der Waals surface area contributed by atoms with Crippen LogP contribution in [0.25, 0.3) is 0 Å². The summed E-state index contributed by atoms with van der Waals surface area (Å²) in [5.41, 5.74) is 5.91. The van der Waals surface area contributed by atoms with Crippen molar-refractivity contribution in [2.75, 3.05) is 0 Å². The van der Waals surface area contributed by atoms with Gasteiger partial charge in [0.25, 0.3) is 5.91 Å². The molecular formula is C11H14N2OSi. The highest BCUT2D eigenvalue weighted by Gasteiger charge is 2.19. The van der Waals surface area contributed by atoms with Crippen LogP contribution < -0.4 is 10.9 Å². The molecule has 0 aliphatic rings. The van der Waals surface area contributed by atoms with Crippen LogP contribution in [0.3, 0.4) is 0 Å². The Balaban J connectivity index is 3.37. The molecule has 0 aliphatic heterocycles. The van der Waals surface area contributed by atoms with Gasteiger partial charge in [-0.15, -0.1) is 6.42 Å². The van der Waals surface area contributed by atoms with Crippen LogP contribution in [-0.2, 0) is 0 Å². The molecule has 1 rings (SSSR count). The molecule has 3 nitrogen and oxygen atoms in total.